The van der Waals surface area contributed by atoms with E-state index in [1.165, 1.54) is 0 Å². The molecule has 70 valence electrons. The predicted molar refractivity (Wildman–Crippen MR) is 49.2 cm³/mol. The van der Waals surface area contributed by atoms with Crippen molar-refractivity contribution in [1.29, 1.82) is 0 Å². The summed E-state index contributed by atoms with van der Waals surface area (Å²) in [6.45, 7) is 0.423. The third-order valence-electron chi connectivity index (χ3n) is 1.98. The summed E-state index contributed by atoms with van der Waals surface area (Å²) in [5.74, 6) is 0. The number of benzene rings is 1. The molecule has 1 heterocycles. The first kappa shape index (κ1) is 8.68. The lowest BCUT2D eigenvalue weighted by atomic mass is 10.1. The molecule has 0 aromatic heterocycles. The zero-order chi connectivity index (χ0) is 9.31. The Morgan fingerprint density at radius 2 is 1.92 bits per heavy atom. The van der Waals surface area contributed by atoms with Crippen molar-refractivity contribution in [2.75, 3.05) is 6.54 Å². The summed E-state index contributed by atoms with van der Waals surface area (Å²) in [4.78, 5) is 0. The van der Waals surface area contributed by atoms with Crippen LogP contribution in [-0.2, 0) is 10.2 Å². The van der Waals surface area contributed by atoms with Gasteiger partial charge in [0.15, 0.2) is 0 Å². The van der Waals surface area contributed by atoms with Crippen LogP contribution in [0.5, 0.6) is 0 Å². The Kier molecular flexibility index (Phi) is 2.07. The van der Waals surface area contributed by atoms with Crippen molar-refractivity contribution in [2.45, 2.75) is 6.04 Å². The van der Waals surface area contributed by atoms with Gasteiger partial charge in [0.25, 0.3) is 10.2 Å². The highest BCUT2D eigenvalue weighted by atomic mass is 32.2. The van der Waals surface area contributed by atoms with Crippen LogP contribution in [0.1, 0.15) is 11.6 Å². The van der Waals surface area contributed by atoms with Crippen LogP contribution < -0.4 is 9.44 Å². The molecule has 0 amide bonds. The van der Waals surface area contributed by atoms with Crippen molar-refractivity contribution in [3.8, 4) is 0 Å². The zero-order valence-corrected chi connectivity index (χ0v) is 7.71. The molecule has 1 aliphatic rings. The second kappa shape index (κ2) is 3.10. The van der Waals surface area contributed by atoms with Gasteiger partial charge < -0.3 is 0 Å². The van der Waals surface area contributed by atoms with Crippen LogP contribution in [0, 0.1) is 0 Å². The summed E-state index contributed by atoms with van der Waals surface area (Å²) in [6, 6.07) is 9.36. The fourth-order valence-corrected chi connectivity index (χ4v) is 2.40. The zero-order valence-electron chi connectivity index (χ0n) is 6.90. The van der Waals surface area contributed by atoms with E-state index in [1.54, 1.807) is 0 Å². The van der Waals surface area contributed by atoms with Gasteiger partial charge in [-0.05, 0) is 5.56 Å². The molecule has 1 saturated heterocycles. The van der Waals surface area contributed by atoms with Gasteiger partial charge in [-0.1, -0.05) is 30.3 Å². The molecular formula is C8H10N2O2S. The Morgan fingerprint density at radius 1 is 1.23 bits per heavy atom. The first-order chi connectivity index (χ1) is 6.17. The van der Waals surface area contributed by atoms with E-state index < -0.39 is 10.2 Å². The molecule has 2 N–H and O–H groups in total. The van der Waals surface area contributed by atoms with Gasteiger partial charge in [-0.15, -0.1) is 0 Å². The van der Waals surface area contributed by atoms with Crippen LogP contribution in [-0.4, -0.2) is 15.0 Å². The van der Waals surface area contributed by atoms with Gasteiger partial charge in [0.05, 0.1) is 6.04 Å². The Morgan fingerprint density at radius 3 is 2.46 bits per heavy atom. The van der Waals surface area contributed by atoms with Gasteiger partial charge in [-0.3, -0.25) is 0 Å². The minimum atomic E-state index is -3.24. The molecule has 1 atom stereocenters. The second-order valence-corrected chi connectivity index (χ2v) is 4.46. The van der Waals surface area contributed by atoms with Gasteiger partial charge in [0.2, 0.25) is 0 Å². The summed E-state index contributed by atoms with van der Waals surface area (Å²) in [7, 11) is -3.24. The lowest BCUT2D eigenvalue weighted by Crippen LogP contribution is -2.23. The molecular weight excluding hydrogens is 188 g/mol. The standard InChI is InChI=1S/C8H10N2O2S/c11-13(12)9-6-8(10-13)7-4-2-1-3-5-7/h1-5,8-10H,6H2. The van der Waals surface area contributed by atoms with Crippen LogP contribution in [0.15, 0.2) is 30.3 Å². The Hall–Kier alpha value is -0.910. The minimum absolute atomic E-state index is 0.133. The van der Waals surface area contributed by atoms with Gasteiger partial charge in [0, 0.05) is 6.54 Å². The van der Waals surface area contributed by atoms with Gasteiger partial charge in [-0.25, -0.2) is 4.72 Å². The summed E-state index contributed by atoms with van der Waals surface area (Å²) >= 11 is 0. The normalized spacial score (nSPS) is 26.0. The summed E-state index contributed by atoms with van der Waals surface area (Å²) in [5, 5.41) is 0. The average molecular weight is 198 g/mol. The molecule has 1 aromatic rings. The molecule has 1 aliphatic heterocycles. The molecule has 5 heteroatoms. The topological polar surface area (TPSA) is 58.2 Å². The fraction of sp³-hybridized carbons (Fsp3) is 0.250. The van der Waals surface area contributed by atoms with Gasteiger partial charge in [0.1, 0.15) is 0 Å². The third kappa shape index (κ3) is 1.88. The van der Waals surface area contributed by atoms with Crippen LogP contribution in [0.4, 0.5) is 0 Å². The van der Waals surface area contributed by atoms with E-state index in [0.717, 1.165) is 5.56 Å². The largest absolute Gasteiger partial charge is 0.277 e. The first-order valence-corrected chi connectivity index (χ1v) is 5.47. The minimum Gasteiger partial charge on any atom is -0.200 e. The van der Waals surface area contributed by atoms with Crippen LogP contribution in [0.2, 0.25) is 0 Å². The third-order valence-corrected chi connectivity index (χ3v) is 3.12. The van der Waals surface area contributed by atoms with E-state index >= 15 is 0 Å². The number of nitrogens with one attached hydrogen (secondary N) is 2. The first-order valence-electron chi connectivity index (χ1n) is 3.99. The molecule has 2 rings (SSSR count). The Bertz CT molecular complexity index is 388. The van der Waals surface area contributed by atoms with Crippen molar-refractivity contribution < 1.29 is 8.42 Å². The van der Waals surface area contributed by atoms with Crippen molar-refractivity contribution in [3.63, 3.8) is 0 Å². The summed E-state index contributed by atoms with van der Waals surface area (Å²) in [6.07, 6.45) is 0. The second-order valence-electron chi connectivity index (χ2n) is 2.93. The Labute approximate surface area is 77.2 Å². The average Bonchev–Trinajstić information content (AvgIpc) is 2.48. The smallest absolute Gasteiger partial charge is 0.200 e. The van der Waals surface area contributed by atoms with Crippen molar-refractivity contribution in [2.24, 2.45) is 0 Å². The van der Waals surface area contributed by atoms with E-state index in [1.807, 2.05) is 30.3 Å². The lowest BCUT2D eigenvalue weighted by molar-refractivity contribution is 0.583. The highest BCUT2D eigenvalue weighted by Crippen LogP contribution is 2.15. The number of hydrogen-bond acceptors (Lipinski definition) is 2. The highest BCUT2D eigenvalue weighted by Gasteiger charge is 2.26. The number of hydrogen-bond donors (Lipinski definition) is 2. The maximum Gasteiger partial charge on any atom is 0.277 e. The fourth-order valence-electron chi connectivity index (χ4n) is 1.33. The number of rotatable bonds is 1. The summed E-state index contributed by atoms with van der Waals surface area (Å²) < 4.78 is 26.9. The molecule has 0 radical (unpaired) electrons. The van der Waals surface area contributed by atoms with Crippen LogP contribution in [0.3, 0.4) is 0 Å². The van der Waals surface area contributed by atoms with E-state index in [-0.39, 0.29) is 6.04 Å². The highest BCUT2D eigenvalue weighted by molar-refractivity contribution is 7.87. The van der Waals surface area contributed by atoms with E-state index in [0.29, 0.717) is 6.54 Å². The molecule has 1 aromatic carbocycles. The van der Waals surface area contributed by atoms with Crippen molar-refractivity contribution in [1.82, 2.24) is 9.44 Å². The molecule has 0 spiro atoms. The molecule has 4 nitrogen and oxygen atoms in total. The van der Waals surface area contributed by atoms with Crippen molar-refractivity contribution >= 4 is 10.2 Å². The van der Waals surface area contributed by atoms with E-state index in [4.69, 9.17) is 0 Å². The monoisotopic (exact) mass is 198 g/mol. The SMILES string of the molecule is O=S1(=O)NCC(c2ccccc2)N1. The summed E-state index contributed by atoms with van der Waals surface area (Å²) in [5.41, 5.74) is 0.982. The lowest BCUT2D eigenvalue weighted by Gasteiger charge is -2.06. The maximum atomic E-state index is 11.0. The molecule has 0 saturated carbocycles. The van der Waals surface area contributed by atoms with E-state index in [9.17, 15) is 8.42 Å². The molecule has 0 bridgehead atoms. The van der Waals surface area contributed by atoms with Crippen LogP contribution >= 0.6 is 0 Å². The predicted octanol–water partition coefficient (Wildman–Crippen LogP) is 0.165. The van der Waals surface area contributed by atoms with Crippen LogP contribution in [0.25, 0.3) is 0 Å². The molecule has 1 unspecified atom stereocenters. The maximum absolute atomic E-state index is 11.0. The van der Waals surface area contributed by atoms with Crippen molar-refractivity contribution in [3.05, 3.63) is 35.9 Å². The molecule has 0 aliphatic carbocycles. The quantitative estimate of drug-likeness (QED) is 0.675. The van der Waals surface area contributed by atoms with Gasteiger partial charge in [-0.2, -0.15) is 13.1 Å². The molecule has 1 fully saturated rings. The Balaban J connectivity index is 2.22. The molecule has 13 heavy (non-hydrogen) atoms. The van der Waals surface area contributed by atoms with E-state index in [2.05, 4.69) is 9.44 Å². The van der Waals surface area contributed by atoms with Gasteiger partial charge >= 0.3 is 0 Å².